The lowest BCUT2D eigenvalue weighted by Gasteiger charge is -2.35. The molecule has 2 aromatic carbocycles. The molecule has 0 aromatic heterocycles. The zero-order valence-electron chi connectivity index (χ0n) is 15.5. The third kappa shape index (κ3) is 5.55. The van der Waals surface area contributed by atoms with E-state index >= 15 is 0 Å². The molecule has 28 heavy (non-hydrogen) atoms. The summed E-state index contributed by atoms with van der Waals surface area (Å²) in [6.45, 7) is 3.23. The van der Waals surface area contributed by atoms with Gasteiger partial charge in [-0.25, -0.2) is 0 Å². The second kappa shape index (κ2) is 10.2. The van der Waals surface area contributed by atoms with E-state index in [4.69, 9.17) is 21.1 Å². The number of carbonyl (C=O) groups is 2. The minimum atomic E-state index is -0.243. The fourth-order valence-corrected chi connectivity index (χ4v) is 3.27. The average molecular weight is 403 g/mol. The van der Waals surface area contributed by atoms with Crippen LogP contribution in [0.15, 0.2) is 48.5 Å². The second-order valence-electron chi connectivity index (χ2n) is 6.46. The van der Waals surface area contributed by atoms with Gasteiger partial charge in [-0.1, -0.05) is 35.9 Å². The lowest BCUT2D eigenvalue weighted by Crippen LogP contribution is -2.44. The van der Waals surface area contributed by atoms with Gasteiger partial charge in [-0.05, 0) is 29.8 Å². The highest BCUT2D eigenvalue weighted by Gasteiger charge is 2.23. The first-order chi connectivity index (χ1) is 13.7. The molecule has 3 rings (SSSR count). The first-order valence-electron chi connectivity index (χ1n) is 9.18. The monoisotopic (exact) mass is 402 g/mol. The first-order valence-corrected chi connectivity index (χ1v) is 9.56. The topological polar surface area (TPSA) is 67.9 Å². The quantitative estimate of drug-likeness (QED) is 0.687. The van der Waals surface area contributed by atoms with Gasteiger partial charge in [0.2, 0.25) is 0 Å². The molecular weight excluding hydrogens is 380 g/mol. The number of halogens is 1. The Bertz CT molecular complexity index is 791. The molecule has 148 valence electrons. The van der Waals surface area contributed by atoms with Crippen LogP contribution in [0.5, 0.6) is 5.75 Å². The van der Waals surface area contributed by atoms with Gasteiger partial charge in [-0.3, -0.25) is 14.5 Å². The number of hydrogen-bond acceptors (Lipinski definition) is 5. The number of morpholine rings is 1. The van der Waals surface area contributed by atoms with Crippen LogP contribution in [-0.2, 0) is 9.53 Å². The molecule has 0 radical (unpaired) electrons. The molecule has 1 aliphatic rings. The van der Waals surface area contributed by atoms with E-state index in [9.17, 15) is 9.59 Å². The highest BCUT2D eigenvalue weighted by molar-refractivity contribution is 6.30. The number of carbonyl (C=O) groups excluding carboxylic acids is 2. The normalized spacial score (nSPS) is 15.6. The van der Waals surface area contributed by atoms with Crippen molar-refractivity contribution < 1.29 is 19.1 Å². The molecule has 2 aromatic rings. The maximum atomic E-state index is 12.3. The van der Waals surface area contributed by atoms with E-state index in [1.165, 1.54) is 0 Å². The van der Waals surface area contributed by atoms with Crippen LogP contribution in [0.1, 0.15) is 22.0 Å². The van der Waals surface area contributed by atoms with Crippen molar-refractivity contribution in [2.24, 2.45) is 0 Å². The number of nitrogens with zero attached hydrogens (tertiary/aromatic N) is 1. The summed E-state index contributed by atoms with van der Waals surface area (Å²) in [6, 6.07) is 14.5. The Kier molecular flexibility index (Phi) is 7.42. The predicted octanol–water partition coefficient (Wildman–Crippen LogP) is 2.72. The Hall–Kier alpha value is -2.41. The zero-order valence-corrected chi connectivity index (χ0v) is 16.2. The lowest BCUT2D eigenvalue weighted by atomic mass is 10.0. The summed E-state index contributed by atoms with van der Waals surface area (Å²) < 4.78 is 10.9. The van der Waals surface area contributed by atoms with Crippen LogP contribution in [0.4, 0.5) is 0 Å². The maximum absolute atomic E-state index is 12.3. The molecule has 1 fully saturated rings. The molecule has 1 heterocycles. The van der Waals surface area contributed by atoms with Crippen LogP contribution in [0.3, 0.4) is 0 Å². The Morgan fingerprint density at radius 1 is 1.18 bits per heavy atom. The van der Waals surface area contributed by atoms with Crippen LogP contribution in [0.2, 0.25) is 5.02 Å². The van der Waals surface area contributed by atoms with Gasteiger partial charge in [0, 0.05) is 24.7 Å². The fourth-order valence-electron chi connectivity index (χ4n) is 3.15. The largest absolute Gasteiger partial charge is 0.483 e. The molecule has 0 spiro atoms. The van der Waals surface area contributed by atoms with E-state index in [-0.39, 0.29) is 18.6 Å². The smallest absolute Gasteiger partial charge is 0.258 e. The summed E-state index contributed by atoms with van der Waals surface area (Å²) in [7, 11) is 0. The number of rotatable bonds is 8. The highest BCUT2D eigenvalue weighted by Crippen LogP contribution is 2.23. The first kappa shape index (κ1) is 20.3. The van der Waals surface area contributed by atoms with Gasteiger partial charge < -0.3 is 14.8 Å². The average Bonchev–Trinajstić information content (AvgIpc) is 2.74. The molecular formula is C21H23ClN2O4. The van der Waals surface area contributed by atoms with Crippen LogP contribution in [0, 0.1) is 0 Å². The molecule has 1 amide bonds. The Morgan fingerprint density at radius 2 is 1.89 bits per heavy atom. The van der Waals surface area contributed by atoms with Crippen LogP contribution in [0.25, 0.3) is 0 Å². The molecule has 0 bridgehead atoms. The highest BCUT2D eigenvalue weighted by atomic mass is 35.5. The number of amides is 1. The second-order valence-corrected chi connectivity index (χ2v) is 6.90. The van der Waals surface area contributed by atoms with Gasteiger partial charge in [0.05, 0.1) is 24.8 Å². The van der Waals surface area contributed by atoms with E-state index in [1.54, 1.807) is 24.3 Å². The maximum Gasteiger partial charge on any atom is 0.258 e. The van der Waals surface area contributed by atoms with Crippen molar-refractivity contribution in [3.8, 4) is 5.75 Å². The van der Waals surface area contributed by atoms with Gasteiger partial charge in [0.15, 0.2) is 12.9 Å². The van der Waals surface area contributed by atoms with Crippen LogP contribution >= 0.6 is 11.6 Å². The SMILES string of the molecule is O=Cc1ccccc1OCC(=O)NCC(c1ccc(Cl)cc1)N1CCOCC1. The molecule has 1 atom stereocenters. The minimum Gasteiger partial charge on any atom is -0.483 e. The number of hydrogen-bond donors (Lipinski definition) is 1. The summed E-state index contributed by atoms with van der Waals surface area (Å²) in [5, 5.41) is 3.61. The molecule has 1 unspecified atom stereocenters. The lowest BCUT2D eigenvalue weighted by molar-refractivity contribution is -0.123. The summed E-state index contributed by atoms with van der Waals surface area (Å²) >= 11 is 6.01. The number of nitrogens with one attached hydrogen (secondary N) is 1. The third-order valence-corrected chi connectivity index (χ3v) is 4.89. The predicted molar refractivity (Wildman–Crippen MR) is 107 cm³/mol. The summed E-state index contributed by atoms with van der Waals surface area (Å²) in [6.07, 6.45) is 0.711. The Labute approximate surface area is 169 Å². The van der Waals surface area contributed by atoms with Crippen molar-refractivity contribution in [3.63, 3.8) is 0 Å². The van der Waals surface area contributed by atoms with Crippen molar-refractivity contribution in [1.29, 1.82) is 0 Å². The molecule has 1 N–H and O–H groups in total. The number of aldehydes is 1. The van der Waals surface area contributed by atoms with Crippen molar-refractivity contribution in [1.82, 2.24) is 10.2 Å². The Morgan fingerprint density at radius 3 is 2.61 bits per heavy atom. The van der Waals surface area contributed by atoms with Crippen LogP contribution in [-0.4, -0.2) is 56.5 Å². The van der Waals surface area contributed by atoms with Crippen molar-refractivity contribution in [2.75, 3.05) is 39.5 Å². The number of ether oxygens (including phenoxy) is 2. The van der Waals surface area contributed by atoms with Gasteiger partial charge in [0.1, 0.15) is 5.75 Å². The molecule has 1 aliphatic heterocycles. The minimum absolute atomic E-state index is 0.0207. The summed E-state index contributed by atoms with van der Waals surface area (Å²) in [5.41, 5.74) is 1.50. The van der Waals surface area contributed by atoms with Crippen molar-refractivity contribution in [3.05, 3.63) is 64.7 Å². The molecule has 0 saturated carbocycles. The fraction of sp³-hybridized carbons (Fsp3) is 0.333. The van der Waals surface area contributed by atoms with E-state index < -0.39 is 0 Å². The summed E-state index contributed by atoms with van der Waals surface area (Å²) in [5.74, 6) is 0.156. The van der Waals surface area contributed by atoms with Crippen LogP contribution < -0.4 is 10.1 Å². The van der Waals surface area contributed by atoms with Gasteiger partial charge in [-0.15, -0.1) is 0 Å². The molecule has 1 saturated heterocycles. The van der Waals surface area contributed by atoms with Crippen molar-refractivity contribution in [2.45, 2.75) is 6.04 Å². The zero-order chi connectivity index (χ0) is 19.8. The van der Waals surface area contributed by atoms with Crippen molar-refractivity contribution >= 4 is 23.8 Å². The molecule has 7 heteroatoms. The van der Waals surface area contributed by atoms with Gasteiger partial charge in [0.25, 0.3) is 5.91 Å². The third-order valence-electron chi connectivity index (χ3n) is 4.64. The summed E-state index contributed by atoms with van der Waals surface area (Å²) in [4.78, 5) is 25.6. The number of para-hydroxylation sites is 1. The van der Waals surface area contributed by atoms with E-state index in [1.807, 2.05) is 24.3 Å². The Balaban J connectivity index is 1.60. The molecule has 6 nitrogen and oxygen atoms in total. The van der Waals surface area contributed by atoms with E-state index in [0.29, 0.717) is 42.4 Å². The number of benzene rings is 2. The van der Waals surface area contributed by atoms with E-state index in [0.717, 1.165) is 18.7 Å². The molecule has 0 aliphatic carbocycles. The van der Waals surface area contributed by atoms with Gasteiger partial charge in [-0.2, -0.15) is 0 Å². The van der Waals surface area contributed by atoms with E-state index in [2.05, 4.69) is 10.2 Å². The standard InChI is InChI=1S/C21H23ClN2O4/c22-18-7-5-16(6-8-18)19(24-9-11-27-12-10-24)13-23-21(26)15-28-20-4-2-1-3-17(20)14-25/h1-8,14,19H,9-13,15H2,(H,23,26). The van der Waals surface area contributed by atoms with Gasteiger partial charge >= 0.3 is 0 Å².